The lowest BCUT2D eigenvalue weighted by Gasteiger charge is -2.25. The van der Waals surface area contributed by atoms with Crippen molar-refractivity contribution in [3.05, 3.63) is 107 Å². The fourth-order valence-corrected chi connectivity index (χ4v) is 5.00. The lowest BCUT2D eigenvalue weighted by molar-refractivity contribution is -0.116. The molecule has 2 unspecified atom stereocenters. The molecule has 36 heavy (non-hydrogen) atoms. The molecule has 1 aliphatic heterocycles. The molecule has 4 aromatic rings. The standard InChI is InChI=1S/C28H25BrN4O2S/c1-18-5-4-6-21(17-18)31-25(34)14-16-33-27(26(32-28(33)36)22-7-2-3-15-30-22)24-13-12-23(35-24)19-8-10-20(29)11-9-19/h2-13,15,17,26-27H,14,16H2,1H3,(H,31,34)(H,32,36). The van der Waals surface area contributed by atoms with Crippen molar-refractivity contribution in [1.82, 2.24) is 15.2 Å². The third-order valence-electron chi connectivity index (χ3n) is 6.13. The molecular weight excluding hydrogens is 536 g/mol. The van der Waals surface area contributed by atoms with Crippen molar-refractivity contribution in [2.24, 2.45) is 0 Å². The zero-order chi connectivity index (χ0) is 25.1. The summed E-state index contributed by atoms with van der Waals surface area (Å²) >= 11 is 9.20. The summed E-state index contributed by atoms with van der Waals surface area (Å²) < 4.78 is 7.36. The molecule has 1 saturated heterocycles. The number of anilines is 1. The van der Waals surface area contributed by atoms with E-state index < -0.39 is 0 Å². The number of hydrogen-bond donors (Lipinski definition) is 2. The Morgan fingerprint density at radius 1 is 1.11 bits per heavy atom. The summed E-state index contributed by atoms with van der Waals surface area (Å²) in [7, 11) is 0. The number of pyridine rings is 1. The zero-order valence-electron chi connectivity index (χ0n) is 19.6. The van der Waals surface area contributed by atoms with E-state index in [9.17, 15) is 4.79 Å². The van der Waals surface area contributed by atoms with Crippen molar-refractivity contribution in [2.75, 3.05) is 11.9 Å². The highest BCUT2D eigenvalue weighted by atomic mass is 79.9. The first-order valence-electron chi connectivity index (χ1n) is 11.7. The highest BCUT2D eigenvalue weighted by Crippen LogP contribution is 2.40. The molecule has 8 heteroatoms. The number of furan rings is 1. The smallest absolute Gasteiger partial charge is 0.226 e. The molecular formula is C28H25BrN4O2S. The van der Waals surface area contributed by atoms with Crippen LogP contribution in [0.15, 0.2) is 93.9 Å². The largest absolute Gasteiger partial charge is 0.459 e. The van der Waals surface area contributed by atoms with Gasteiger partial charge in [0, 0.05) is 34.9 Å². The molecule has 3 heterocycles. The Hall–Kier alpha value is -3.49. The van der Waals surface area contributed by atoms with Crippen LogP contribution in [0.25, 0.3) is 11.3 Å². The van der Waals surface area contributed by atoms with E-state index in [1.165, 1.54) is 0 Å². The molecule has 1 amide bonds. The van der Waals surface area contributed by atoms with Crippen LogP contribution in [0.4, 0.5) is 5.69 Å². The van der Waals surface area contributed by atoms with E-state index in [4.69, 9.17) is 16.6 Å². The van der Waals surface area contributed by atoms with Crippen molar-refractivity contribution in [1.29, 1.82) is 0 Å². The van der Waals surface area contributed by atoms with E-state index in [0.717, 1.165) is 38.5 Å². The van der Waals surface area contributed by atoms with Gasteiger partial charge in [0.25, 0.3) is 0 Å². The maximum absolute atomic E-state index is 12.8. The lowest BCUT2D eigenvalue weighted by atomic mass is 10.0. The zero-order valence-corrected chi connectivity index (χ0v) is 22.1. The van der Waals surface area contributed by atoms with Crippen LogP contribution >= 0.6 is 28.1 Å². The number of rotatable bonds is 7. The SMILES string of the molecule is Cc1cccc(NC(=O)CCN2C(=S)NC(c3ccccn3)C2c2ccc(-c3ccc(Br)cc3)o2)c1. The fraction of sp³-hybridized carbons (Fsp3) is 0.179. The van der Waals surface area contributed by atoms with Gasteiger partial charge in [0.15, 0.2) is 5.11 Å². The van der Waals surface area contributed by atoms with Gasteiger partial charge < -0.3 is 20.0 Å². The number of halogens is 1. The molecule has 2 aromatic carbocycles. The number of carbonyl (C=O) groups excluding carboxylic acids is 1. The number of amides is 1. The molecule has 182 valence electrons. The third kappa shape index (κ3) is 5.34. The number of nitrogens with zero attached hydrogens (tertiary/aromatic N) is 2. The molecule has 2 N–H and O–H groups in total. The Balaban J connectivity index is 1.39. The van der Waals surface area contributed by atoms with E-state index in [0.29, 0.717) is 11.7 Å². The molecule has 0 aliphatic carbocycles. The van der Waals surface area contributed by atoms with Crippen molar-refractivity contribution in [2.45, 2.75) is 25.4 Å². The van der Waals surface area contributed by atoms with Crippen LogP contribution in [0.2, 0.25) is 0 Å². The highest BCUT2D eigenvalue weighted by Gasteiger charge is 2.41. The van der Waals surface area contributed by atoms with Gasteiger partial charge in [-0.2, -0.15) is 0 Å². The molecule has 0 saturated carbocycles. The number of carbonyl (C=O) groups is 1. The number of hydrogen-bond acceptors (Lipinski definition) is 4. The normalized spacial score (nSPS) is 17.2. The summed E-state index contributed by atoms with van der Waals surface area (Å²) in [5, 5.41) is 6.95. The van der Waals surface area contributed by atoms with Crippen LogP contribution in [0.5, 0.6) is 0 Å². The van der Waals surface area contributed by atoms with Crippen LogP contribution in [0.3, 0.4) is 0 Å². The van der Waals surface area contributed by atoms with E-state index in [1.54, 1.807) is 6.20 Å². The second-order valence-corrected chi connectivity index (χ2v) is 10.00. The van der Waals surface area contributed by atoms with Gasteiger partial charge in [-0.15, -0.1) is 0 Å². The maximum atomic E-state index is 12.8. The average molecular weight is 562 g/mol. The maximum Gasteiger partial charge on any atom is 0.226 e. The molecule has 2 atom stereocenters. The Labute approximate surface area is 223 Å². The van der Waals surface area contributed by atoms with Crippen LogP contribution in [-0.4, -0.2) is 27.4 Å². The minimum absolute atomic E-state index is 0.0709. The molecule has 6 nitrogen and oxygen atoms in total. The highest BCUT2D eigenvalue weighted by molar-refractivity contribution is 9.10. The molecule has 5 rings (SSSR count). The van der Waals surface area contributed by atoms with Gasteiger partial charge in [0.1, 0.15) is 17.6 Å². The minimum Gasteiger partial charge on any atom is -0.459 e. The average Bonchev–Trinajstić information content (AvgIpc) is 3.48. The molecule has 0 radical (unpaired) electrons. The molecule has 2 aromatic heterocycles. The van der Waals surface area contributed by atoms with Crippen molar-refractivity contribution < 1.29 is 9.21 Å². The van der Waals surface area contributed by atoms with Crippen LogP contribution < -0.4 is 10.6 Å². The monoisotopic (exact) mass is 560 g/mol. The Bertz CT molecular complexity index is 1370. The van der Waals surface area contributed by atoms with Crippen molar-refractivity contribution >= 4 is 44.9 Å². The lowest BCUT2D eigenvalue weighted by Crippen LogP contribution is -2.32. The number of aromatic nitrogens is 1. The third-order valence-corrected chi connectivity index (χ3v) is 7.01. The minimum atomic E-state index is -0.247. The van der Waals surface area contributed by atoms with E-state index in [-0.39, 0.29) is 24.4 Å². The van der Waals surface area contributed by atoms with E-state index in [2.05, 4.69) is 31.5 Å². The summed E-state index contributed by atoms with van der Waals surface area (Å²) in [5.41, 5.74) is 3.72. The van der Waals surface area contributed by atoms with Crippen molar-refractivity contribution in [3.63, 3.8) is 0 Å². The first-order chi connectivity index (χ1) is 17.5. The van der Waals surface area contributed by atoms with Gasteiger partial charge in [-0.25, -0.2) is 0 Å². The second kappa shape index (κ2) is 10.6. The molecule has 0 bridgehead atoms. The molecule has 1 fully saturated rings. The number of nitrogens with one attached hydrogen (secondary N) is 2. The summed E-state index contributed by atoms with van der Waals surface area (Å²) in [6, 6.07) is 25.1. The number of aryl methyl sites for hydroxylation is 1. The van der Waals surface area contributed by atoms with E-state index in [1.807, 2.05) is 90.7 Å². The van der Waals surface area contributed by atoms with Gasteiger partial charge in [-0.3, -0.25) is 9.78 Å². The Morgan fingerprint density at radius 2 is 1.94 bits per heavy atom. The van der Waals surface area contributed by atoms with Gasteiger partial charge in [0.2, 0.25) is 5.91 Å². The first kappa shape index (κ1) is 24.2. The predicted molar refractivity (Wildman–Crippen MR) is 148 cm³/mol. The topological polar surface area (TPSA) is 70.4 Å². The molecule has 0 spiro atoms. The second-order valence-electron chi connectivity index (χ2n) is 8.70. The van der Waals surface area contributed by atoms with Crippen LogP contribution in [0, 0.1) is 6.92 Å². The summed E-state index contributed by atoms with van der Waals surface area (Å²) in [4.78, 5) is 19.3. The summed E-state index contributed by atoms with van der Waals surface area (Å²) in [6.45, 7) is 2.43. The van der Waals surface area contributed by atoms with Crippen molar-refractivity contribution in [3.8, 4) is 11.3 Å². The van der Waals surface area contributed by atoms with Crippen LogP contribution in [0.1, 0.15) is 35.5 Å². The first-order valence-corrected chi connectivity index (χ1v) is 12.9. The van der Waals surface area contributed by atoms with Gasteiger partial charge in [0.05, 0.1) is 11.7 Å². The Morgan fingerprint density at radius 3 is 2.69 bits per heavy atom. The van der Waals surface area contributed by atoms with E-state index >= 15 is 0 Å². The van der Waals surface area contributed by atoms with Crippen LogP contribution in [-0.2, 0) is 4.79 Å². The summed E-state index contributed by atoms with van der Waals surface area (Å²) in [6.07, 6.45) is 2.05. The van der Waals surface area contributed by atoms with Gasteiger partial charge in [-0.1, -0.05) is 46.3 Å². The Kier molecular flexibility index (Phi) is 7.16. The number of benzene rings is 2. The predicted octanol–water partition coefficient (Wildman–Crippen LogP) is 6.41. The fourth-order valence-electron chi connectivity index (χ4n) is 4.40. The molecule has 1 aliphatic rings. The number of thiocarbonyl (C=S) groups is 1. The van der Waals surface area contributed by atoms with Gasteiger partial charge in [-0.05, 0) is 73.2 Å². The van der Waals surface area contributed by atoms with Gasteiger partial charge >= 0.3 is 0 Å². The summed E-state index contributed by atoms with van der Waals surface area (Å²) in [5.74, 6) is 1.46. The quantitative estimate of drug-likeness (QED) is 0.254.